The van der Waals surface area contributed by atoms with Crippen molar-refractivity contribution < 1.29 is 9.47 Å². The van der Waals surface area contributed by atoms with Gasteiger partial charge in [0.05, 0.1) is 6.61 Å². The van der Waals surface area contributed by atoms with Gasteiger partial charge >= 0.3 is 0 Å². The number of aromatic nitrogens is 1. The first kappa shape index (κ1) is 14.9. The van der Waals surface area contributed by atoms with Crippen LogP contribution in [0.2, 0.25) is 0 Å². The van der Waals surface area contributed by atoms with E-state index in [4.69, 9.17) is 15.2 Å². The molecule has 2 N–H and O–H groups in total. The van der Waals surface area contributed by atoms with Crippen LogP contribution in [0.25, 0.3) is 0 Å². The standard InChI is InChI=1S/C14H24N2O2/c1-10(2)9-17-5-6-18-14-13(8-15)11(3)7-12(4)16-14/h7,10H,5-6,8-9,15H2,1-4H3. The lowest BCUT2D eigenvalue weighted by atomic mass is 10.1. The Morgan fingerprint density at radius 1 is 1.28 bits per heavy atom. The Kier molecular flexibility index (Phi) is 6.09. The zero-order valence-corrected chi connectivity index (χ0v) is 11.8. The van der Waals surface area contributed by atoms with E-state index in [1.165, 1.54) is 0 Å². The van der Waals surface area contributed by atoms with Gasteiger partial charge in [-0.1, -0.05) is 13.8 Å². The summed E-state index contributed by atoms with van der Waals surface area (Å²) in [5.41, 5.74) is 8.77. The van der Waals surface area contributed by atoms with Crippen molar-refractivity contribution in [2.24, 2.45) is 11.7 Å². The maximum atomic E-state index is 5.72. The fourth-order valence-corrected chi connectivity index (χ4v) is 1.71. The van der Waals surface area contributed by atoms with Crippen LogP contribution in [0.15, 0.2) is 6.07 Å². The quantitative estimate of drug-likeness (QED) is 0.756. The fraction of sp³-hybridized carbons (Fsp3) is 0.643. The minimum atomic E-state index is 0.446. The summed E-state index contributed by atoms with van der Waals surface area (Å²) in [4.78, 5) is 4.38. The molecular weight excluding hydrogens is 228 g/mol. The average molecular weight is 252 g/mol. The van der Waals surface area contributed by atoms with Gasteiger partial charge in [-0.25, -0.2) is 4.98 Å². The van der Waals surface area contributed by atoms with Gasteiger partial charge in [-0.05, 0) is 31.4 Å². The second-order valence-electron chi connectivity index (χ2n) is 4.89. The van der Waals surface area contributed by atoms with Crippen molar-refractivity contribution >= 4 is 0 Å². The molecule has 18 heavy (non-hydrogen) atoms. The highest BCUT2D eigenvalue weighted by molar-refractivity contribution is 5.35. The Morgan fingerprint density at radius 2 is 2.00 bits per heavy atom. The van der Waals surface area contributed by atoms with E-state index in [1.807, 2.05) is 19.9 Å². The van der Waals surface area contributed by atoms with Gasteiger partial charge in [0, 0.05) is 24.4 Å². The van der Waals surface area contributed by atoms with E-state index in [0.717, 1.165) is 23.4 Å². The van der Waals surface area contributed by atoms with Crippen LogP contribution < -0.4 is 10.5 Å². The summed E-state index contributed by atoms with van der Waals surface area (Å²) in [5, 5.41) is 0. The third-order valence-corrected chi connectivity index (χ3v) is 2.56. The molecule has 1 rings (SSSR count). The lowest BCUT2D eigenvalue weighted by Crippen LogP contribution is -2.13. The molecular formula is C14H24N2O2. The zero-order valence-electron chi connectivity index (χ0n) is 11.8. The third-order valence-electron chi connectivity index (χ3n) is 2.56. The molecule has 0 saturated carbocycles. The van der Waals surface area contributed by atoms with Crippen molar-refractivity contribution in [3.8, 4) is 5.88 Å². The molecule has 0 aliphatic rings. The number of aryl methyl sites for hydroxylation is 2. The molecule has 1 heterocycles. The van der Waals surface area contributed by atoms with Crippen LogP contribution in [-0.4, -0.2) is 24.8 Å². The van der Waals surface area contributed by atoms with Gasteiger partial charge in [-0.2, -0.15) is 0 Å². The SMILES string of the molecule is Cc1cc(C)c(CN)c(OCCOCC(C)C)n1. The fourth-order valence-electron chi connectivity index (χ4n) is 1.71. The van der Waals surface area contributed by atoms with E-state index in [1.54, 1.807) is 0 Å². The van der Waals surface area contributed by atoms with E-state index in [0.29, 0.717) is 31.6 Å². The smallest absolute Gasteiger partial charge is 0.218 e. The molecule has 1 aromatic heterocycles. The van der Waals surface area contributed by atoms with Crippen molar-refractivity contribution in [1.29, 1.82) is 0 Å². The Morgan fingerprint density at radius 3 is 2.61 bits per heavy atom. The number of hydrogen-bond donors (Lipinski definition) is 1. The number of nitrogens with zero attached hydrogens (tertiary/aromatic N) is 1. The minimum Gasteiger partial charge on any atom is -0.475 e. The van der Waals surface area contributed by atoms with Gasteiger partial charge in [0.2, 0.25) is 5.88 Å². The van der Waals surface area contributed by atoms with Crippen molar-refractivity contribution in [2.75, 3.05) is 19.8 Å². The van der Waals surface area contributed by atoms with Gasteiger partial charge in [0.1, 0.15) is 6.61 Å². The summed E-state index contributed by atoms with van der Waals surface area (Å²) < 4.78 is 11.1. The van der Waals surface area contributed by atoms with Crippen LogP contribution in [0.3, 0.4) is 0 Å². The normalized spacial score (nSPS) is 11.0. The average Bonchev–Trinajstić information content (AvgIpc) is 2.27. The van der Waals surface area contributed by atoms with Crippen molar-refractivity contribution in [3.05, 3.63) is 22.9 Å². The lowest BCUT2D eigenvalue weighted by molar-refractivity contribution is 0.0802. The summed E-state index contributed by atoms with van der Waals surface area (Å²) >= 11 is 0. The highest BCUT2D eigenvalue weighted by Gasteiger charge is 2.08. The van der Waals surface area contributed by atoms with Gasteiger partial charge in [0.25, 0.3) is 0 Å². The van der Waals surface area contributed by atoms with Gasteiger partial charge in [0.15, 0.2) is 0 Å². The molecule has 4 nitrogen and oxygen atoms in total. The summed E-state index contributed by atoms with van der Waals surface area (Å²) in [7, 11) is 0. The summed E-state index contributed by atoms with van der Waals surface area (Å²) in [5.74, 6) is 1.19. The van der Waals surface area contributed by atoms with E-state index < -0.39 is 0 Å². The van der Waals surface area contributed by atoms with Gasteiger partial charge < -0.3 is 15.2 Å². The predicted octanol–water partition coefficient (Wildman–Crippen LogP) is 2.21. The number of rotatable bonds is 7. The lowest BCUT2D eigenvalue weighted by Gasteiger charge is -2.13. The van der Waals surface area contributed by atoms with E-state index in [-0.39, 0.29) is 0 Å². The zero-order chi connectivity index (χ0) is 13.5. The predicted molar refractivity (Wildman–Crippen MR) is 72.8 cm³/mol. The van der Waals surface area contributed by atoms with Crippen molar-refractivity contribution in [2.45, 2.75) is 34.2 Å². The molecule has 0 radical (unpaired) electrons. The second-order valence-corrected chi connectivity index (χ2v) is 4.89. The first-order valence-corrected chi connectivity index (χ1v) is 6.42. The first-order valence-electron chi connectivity index (χ1n) is 6.42. The molecule has 0 bridgehead atoms. The summed E-state index contributed by atoms with van der Waals surface area (Å²) in [6.07, 6.45) is 0. The van der Waals surface area contributed by atoms with Crippen molar-refractivity contribution in [3.63, 3.8) is 0 Å². The maximum Gasteiger partial charge on any atom is 0.218 e. The number of hydrogen-bond acceptors (Lipinski definition) is 4. The highest BCUT2D eigenvalue weighted by Crippen LogP contribution is 2.20. The van der Waals surface area contributed by atoms with Crippen LogP contribution >= 0.6 is 0 Å². The number of ether oxygens (including phenoxy) is 2. The van der Waals surface area contributed by atoms with Crippen LogP contribution in [-0.2, 0) is 11.3 Å². The second kappa shape index (κ2) is 7.34. The Labute approximate surface area is 110 Å². The Hall–Kier alpha value is -1.13. The van der Waals surface area contributed by atoms with E-state index in [2.05, 4.69) is 18.8 Å². The summed E-state index contributed by atoms with van der Waals surface area (Å²) in [6.45, 7) is 10.5. The molecule has 0 aromatic carbocycles. The molecule has 0 spiro atoms. The van der Waals surface area contributed by atoms with Crippen LogP contribution in [0.5, 0.6) is 5.88 Å². The first-order chi connectivity index (χ1) is 8.54. The maximum absolute atomic E-state index is 5.72. The molecule has 0 aliphatic carbocycles. The van der Waals surface area contributed by atoms with Crippen LogP contribution in [0.1, 0.15) is 30.7 Å². The molecule has 0 fully saturated rings. The molecule has 1 aromatic rings. The van der Waals surface area contributed by atoms with Gasteiger partial charge in [-0.15, -0.1) is 0 Å². The third kappa shape index (κ3) is 4.63. The molecule has 0 saturated heterocycles. The number of pyridine rings is 1. The van der Waals surface area contributed by atoms with Crippen LogP contribution in [0, 0.1) is 19.8 Å². The van der Waals surface area contributed by atoms with Crippen LogP contribution in [0.4, 0.5) is 0 Å². The molecule has 102 valence electrons. The molecule has 0 aliphatic heterocycles. The monoisotopic (exact) mass is 252 g/mol. The number of nitrogens with two attached hydrogens (primary N) is 1. The molecule has 0 atom stereocenters. The molecule has 0 amide bonds. The molecule has 4 heteroatoms. The largest absolute Gasteiger partial charge is 0.475 e. The Balaban J connectivity index is 2.51. The van der Waals surface area contributed by atoms with E-state index in [9.17, 15) is 0 Å². The highest BCUT2D eigenvalue weighted by atomic mass is 16.5. The van der Waals surface area contributed by atoms with Gasteiger partial charge in [-0.3, -0.25) is 0 Å². The minimum absolute atomic E-state index is 0.446. The van der Waals surface area contributed by atoms with E-state index >= 15 is 0 Å². The molecule has 0 unspecified atom stereocenters. The topological polar surface area (TPSA) is 57.4 Å². The summed E-state index contributed by atoms with van der Waals surface area (Å²) in [6, 6.07) is 2.02. The Bertz CT molecular complexity index is 378. The van der Waals surface area contributed by atoms with Crippen molar-refractivity contribution in [1.82, 2.24) is 4.98 Å².